The van der Waals surface area contributed by atoms with Gasteiger partial charge in [-0.05, 0) is 12.8 Å². The Kier molecular flexibility index (Phi) is 10.5. The van der Waals surface area contributed by atoms with E-state index in [0.29, 0.717) is 18.7 Å². The molecular formula is C18H29NO4S. The fourth-order valence-corrected chi connectivity index (χ4v) is 3.39. The highest BCUT2D eigenvalue weighted by Crippen LogP contribution is 2.21. The Bertz CT molecular complexity index is 450. The van der Waals surface area contributed by atoms with E-state index in [0.717, 1.165) is 43.9 Å². The van der Waals surface area contributed by atoms with Gasteiger partial charge in [-0.15, -0.1) is 0 Å². The molecule has 0 saturated carbocycles. The lowest BCUT2D eigenvalue weighted by atomic mass is 10.1. The van der Waals surface area contributed by atoms with Crippen molar-refractivity contribution in [2.45, 2.75) is 57.6 Å². The number of rotatable bonds is 12. The summed E-state index contributed by atoms with van der Waals surface area (Å²) in [7, 11) is 0. The lowest BCUT2D eigenvalue weighted by molar-refractivity contribution is -0.131. The Hall–Kier alpha value is -1.27. The molecule has 0 radical (unpaired) electrons. The van der Waals surface area contributed by atoms with Crippen LogP contribution in [-0.2, 0) is 9.59 Å². The second-order valence-corrected chi connectivity index (χ2v) is 7.11. The Labute approximate surface area is 148 Å². The second kappa shape index (κ2) is 12.1. The first kappa shape index (κ1) is 20.8. The maximum Gasteiger partial charge on any atom is 0.328 e. The molecule has 0 aliphatic carbocycles. The van der Waals surface area contributed by atoms with Gasteiger partial charge in [0.15, 0.2) is 0 Å². The van der Waals surface area contributed by atoms with Gasteiger partial charge < -0.3 is 15.1 Å². The molecule has 1 aliphatic rings. The summed E-state index contributed by atoms with van der Waals surface area (Å²) in [5, 5.41) is 18.5. The summed E-state index contributed by atoms with van der Waals surface area (Å²) >= 11 is 1.61. The van der Waals surface area contributed by atoms with Crippen molar-refractivity contribution in [2.24, 2.45) is 0 Å². The van der Waals surface area contributed by atoms with E-state index in [-0.39, 0.29) is 11.9 Å². The van der Waals surface area contributed by atoms with E-state index in [1.807, 2.05) is 17.1 Å². The molecule has 0 unspecified atom stereocenters. The monoisotopic (exact) mass is 355 g/mol. The first-order valence-electron chi connectivity index (χ1n) is 8.67. The van der Waals surface area contributed by atoms with E-state index in [4.69, 9.17) is 5.11 Å². The van der Waals surface area contributed by atoms with Crippen LogP contribution in [0.3, 0.4) is 0 Å². The minimum atomic E-state index is -0.937. The first-order valence-corrected chi connectivity index (χ1v) is 9.83. The van der Waals surface area contributed by atoms with Crippen LogP contribution in [-0.4, -0.2) is 57.2 Å². The average molecular weight is 356 g/mol. The van der Waals surface area contributed by atoms with Gasteiger partial charge in [0, 0.05) is 30.5 Å². The first-order chi connectivity index (χ1) is 11.5. The van der Waals surface area contributed by atoms with Crippen LogP contribution in [0.15, 0.2) is 24.3 Å². The molecule has 0 aromatic heterocycles. The predicted molar refractivity (Wildman–Crippen MR) is 98.1 cm³/mol. The molecule has 24 heavy (non-hydrogen) atoms. The van der Waals surface area contributed by atoms with Gasteiger partial charge in [0.2, 0.25) is 5.91 Å². The standard InChI is InChI=1S/C18H29NO4S/c1-2-3-4-6-16(20)10-8-15-9-11-17(21)19(15)12-14-24-13-5-7-18(22)23/h5,7-8,10,15-16,20H,2-4,6,9,11-14H2,1H3,(H,22,23)/b7-5+,10-8+/t15-,16-/m0/s1. The smallest absolute Gasteiger partial charge is 0.328 e. The molecule has 0 aromatic carbocycles. The lowest BCUT2D eigenvalue weighted by Crippen LogP contribution is -2.34. The molecule has 1 saturated heterocycles. The van der Waals surface area contributed by atoms with Gasteiger partial charge in [0.05, 0.1) is 12.1 Å². The minimum Gasteiger partial charge on any atom is -0.478 e. The zero-order chi connectivity index (χ0) is 17.8. The molecule has 2 N–H and O–H groups in total. The van der Waals surface area contributed by atoms with Crippen LogP contribution >= 0.6 is 11.8 Å². The molecule has 1 rings (SSSR count). The highest BCUT2D eigenvalue weighted by atomic mass is 32.2. The number of carboxylic acid groups (broad SMARTS) is 1. The molecule has 2 atom stereocenters. The average Bonchev–Trinajstić information content (AvgIpc) is 2.89. The fourth-order valence-electron chi connectivity index (χ4n) is 2.67. The van der Waals surface area contributed by atoms with Crippen molar-refractivity contribution in [2.75, 3.05) is 18.1 Å². The molecule has 136 valence electrons. The molecule has 1 fully saturated rings. The largest absolute Gasteiger partial charge is 0.478 e. The summed E-state index contributed by atoms with van der Waals surface area (Å²) < 4.78 is 0. The lowest BCUT2D eigenvalue weighted by Gasteiger charge is -2.22. The van der Waals surface area contributed by atoms with Gasteiger partial charge >= 0.3 is 5.97 Å². The third-order valence-corrected chi connectivity index (χ3v) is 4.88. The van der Waals surface area contributed by atoms with E-state index in [9.17, 15) is 14.7 Å². The highest BCUT2D eigenvalue weighted by Gasteiger charge is 2.28. The van der Waals surface area contributed by atoms with Gasteiger partial charge in [-0.3, -0.25) is 4.79 Å². The third-order valence-electron chi connectivity index (χ3n) is 3.98. The molecule has 6 heteroatoms. The molecular weight excluding hydrogens is 326 g/mol. The maximum absolute atomic E-state index is 12.0. The van der Waals surface area contributed by atoms with Crippen molar-refractivity contribution in [1.29, 1.82) is 0 Å². The number of nitrogens with zero attached hydrogens (tertiary/aromatic N) is 1. The normalized spacial score (nSPS) is 19.7. The highest BCUT2D eigenvalue weighted by molar-refractivity contribution is 7.99. The van der Waals surface area contributed by atoms with Gasteiger partial charge in [-0.2, -0.15) is 11.8 Å². The zero-order valence-electron chi connectivity index (χ0n) is 14.4. The number of amides is 1. The molecule has 0 spiro atoms. The Morgan fingerprint density at radius 1 is 1.46 bits per heavy atom. The SMILES string of the molecule is CCCCC[C@H](O)/C=C/[C@H]1CCC(=O)N1CCSC/C=C/C(=O)O. The molecule has 0 aromatic rings. The summed E-state index contributed by atoms with van der Waals surface area (Å²) in [5.41, 5.74) is 0. The van der Waals surface area contributed by atoms with Gasteiger partial charge in [-0.25, -0.2) is 4.79 Å². The number of aliphatic hydroxyl groups excluding tert-OH is 1. The number of aliphatic hydroxyl groups is 1. The number of carbonyl (C=O) groups is 2. The number of carboxylic acids is 1. The van der Waals surface area contributed by atoms with Crippen LogP contribution in [0.25, 0.3) is 0 Å². The summed E-state index contributed by atoms with van der Waals surface area (Å²) in [6.45, 7) is 2.80. The number of hydrogen-bond donors (Lipinski definition) is 2. The molecule has 5 nitrogen and oxygen atoms in total. The minimum absolute atomic E-state index is 0.0773. The maximum atomic E-state index is 12.0. The third kappa shape index (κ3) is 8.55. The molecule has 1 aliphatic heterocycles. The van der Waals surface area contributed by atoms with E-state index in [1.165, 1.54) is 0 Å². The number of carbonyl (C=O) groups excluding carboxylic acids is 1. The van der Waals surface area contributed by atoms with E-state index >= 15 is 0 Å². The number of hydrogen-bond acceptors (Lipinski definition) is 4. The van der Waals surface area contributed by atoms with Crippen molar-refractivity contribution >= 4 is 23.6 Å². The van der Waals surface area contributed by atoms with Crippen LogP contribution in [0, 0.1) is 0 Å². The van der Waals surface area contributed by atoms with Gasteiger partial charge in [0.1, 0.15) is 0 Å². The van der Waals surface area contributed by atoms with Crippen molar-refractivity contribution in [1.82, 2.24) is 4.90 Å². The van der Waals surface area contributed by atoms with Gasteiger partial charge in [0.25, 0.3) is 0 Å². The quantitative estimate of drug-likeness (QED) is 0.320. The van der Waals surface area contributed by atoms with Crippen LogP contribution in [0.5, 0.6) is 0 Å². The predicted octanol–water partition coefficient (Wildman–Crippen LogP) is 2.85. The van der Waals surface area contributed by atoms with Crippen LogP contribution in [0.1, 0.15) is 45.4 Å². The summed E-state index contributed by atoms with van der Waals surface area (Å²) in [4.78, 5) is 24.2. The topological polar surface area (TPSA) is 77.8 Å². The number of aliphatic carboxylic acids is 1. The molecule has 1 amide bonds. The van der Waals surface area contributed by atoms with Crippen molar-refractivity contribution < 1.29 is 19.8 Å². The van der Waals surface area contributed by atoms with Crippen LogP contribution in [0.4, 0.5) is 0 Å². The Balaban J connectivity index is 2.33. The zero-order valence-corrected chi connectivity index (χ0v) is 15.2. The van der Waals surface area contributed by atoms with E-state index in [2.05, 4.69) is 6.92 Å². The van der Waals surface area contributed by atoms with E-state index < -0.39 is 12.1 Å². The molecule has 1 heterocycles. The number of likely N-dealkylation sites (tertiary alicyclic amines) is 1. The second-order valence-electron chi connectivity index (χ2n) is 5.96. The fraction of sp³-hybridized carbons (Fsp3) is 0.667. The van der Waals surface area contributed by atoms with Crippen LogP contribution < -0.4 is 0 Å². The number of thioether (sulfide) groups is 1. The summed E-state index contributed by atoms with van der Waals surface area (Å²) in [6.07, 6.45) is 11.6. The van der Waals surface area contributed by atoms with Crippen LogP contribution in [0.2, 0.25) is 0 Å². The van der Waals surface area contributed by atoms with Crippen molar-refractivity contribution in [3.63, 3.8) is 0 Å². The van der Waals surface area contributed by atoms with E-state index in [1.54, 1.807) is 17.8 Å². The molecule has 0 bridgehead atoms. The number of unbranched alkanes of at least 4 members (excludes halogenated alkanes) is 2. The Morgan fingerprint density at radius 2 is 2.25 bits per heavy atom. The Morgan fingerprint density at radius 3 is 2.96 bits per heavy atom. The van der Waals surface area contributed by atoms with Crippen molar-refractivity contribution in [3.8, 4) is 0 Å². The van der Waals surface area contributed by atoms with Gasteiger partial charge in [-0.1, -0.05) is 44.4 Å². The summed E-state index contributed by atoms with van der Waals surface area (Å²) in [6, 6.07) is 0.0773. The summed E-state index contributed by atoms with van der Waals surface area (Å²) in [5.74, 6) is 0.629. The van der Waals surface area contributed by atoms with Crippen molar-refractivity contribution in [3.05, 3.63) is 24.3 Å².